The average molecular weight is 681 g/mol. The first-order chi connectivity index (χ1) is 21.4. The van der Waals surface area contributed by atoms with E-state index in [-0.39, 0.29) is 28.4 Å². The molecule has 1 aliphatic heterocycles. The normalized spacial score (nSPS) is 21.4. The Morgan fingerprint density at radius 1 is 0.891 bits per heavy atom. The van der Waals surface area contributed by atoms with Crippen LogP contribution in [0.5, 0.6) is 0 Å². The molecule has 1 aliphatic rings. The van der Waals surface area contributed by atoms with Crippen molar-refractivity contribution in [1.29, 1.82) is 0 Å². The summed E-state index contributed by atoms with van der Waals surface area (Å²) in [6, 6.07) is 12.4. The zero-order chi connectivity index (χ0) is 33.7. The van der Waals surface area contributed by atoms with Gasteiger partial charge in [-0.05, 0) is 61.4 Å². The molecule has 2 N–H and O–H groups in total. The number of nitrogen functional groups attached to an aromatic ring is 1. The number of thioether (sulfide) groups is 1. The van der Waals surface area contributed by atoms with Gasteiger partial charge in [-0.25, -0.2) is 15.0 Å². The van der Waals surface area contributed by atoms with Crippen molar-refractivity contribution in [3.63, 3.8) is 0 Å². The molecule has 1 aromatic carbocycles. The maximum absolute atomic E-state index is 7.33. The van der Waals surface area contributed by atoms with Gasteiger partial charge < -0.3 is 28.5 Å². The molecule has 12 heteroatoms. The predicted molar refractivity (Wildman–Crippen MR) is 194 cm³/mol. The third-order valence-corrected chi connectivity index (χ3v) is 20.2. The average Bonchev–Trinajstić information content (AvgIpc) is 3.64. The van der Waals surface area contributed by atoms with Crippen LogP contribution in [-0.2, 0) is 19.3 Å². The van der Waals surface area contributed by atoms with Gasteiger partial charge in [-0.2, -0.15) is 11.8 Å². The van der Waals surface area contributed by atoms with Crippen molar-refractivity contribution in [2.24, 2.45) is 0 Å². The maximum atomic E-state index is 7.33. The number of aromatic nitrogens is 5. The standard InChI is InChI=1S/C34H52N6O3SSi2/c1-23-26(40(22-38-23)24-15-13-12-14-16-24)19-44-20-27-28(42-45(8,9)33(2,3)4)29(43-46(10,11)34(5,6)7)32(41-27)39-18-17-25-30(35)36-21-37-31(25)39/h12-18,21-22,27-29,32H,19-20H2,1-11H3,(H2,35,36,37)/t27-,28-,29-,32-/m1/s1. The fourth-order valence-corrected chi connectivity index (χ4v) is 9.05. The minimum atomic E-state index is -2.26. The molecule has 0 spiro atoms. The van der Waals surface area contributed by atoms with Gasteiger partial charge in [0.1, 0.15) is 30.0 Å². The van der Waals surface area contributed by atoms with Crippen molar-refractivity contribution in [3.8, 4) is 5.69 Å². The Kier molecular flexibility index (Phi) is 9.73. The molecule has 0 radical (unpaired) electrons. The second-order valence-electron chi connectivity index (χ2n) is 15.5. The van der Waals surface area contributed by atoms with E-state index in [1.54, 1.807) is 0 Å². The van der Waals surface area contributed by atoms with Crippen molar-refractivity contribution < 1.29 is 13.6 Å². The molecule has 46 heavy (non-hydrogen) atoms. The molecule has 1 saturated heterocycles. The van der Waals surface area contributed by atoms with E-state index >= 15 is 0 Å². The molecule has 250 valence electrons. The lowest BCUT2D eigenvalue weighted by molar-refractivity contribution is -0.0244. The molecule has 1 fully saturated rings. The van der Waals surface area contributed by atoms with Crippen LogP contribution in [0.3, 0.4) is 0 Å². The van der Waals surface area contributed by atoms with E-state index in [1.165, 1.54) is 12.0 Å². The summed E-state index contributed by atoms with van der Waals surface area (Å²) in [6.45, 7) is 25.0. The number of para-hydroxylation sites is 1. The van der Waals surface area contributed by atoms with Crippen LogP contribution in [0.4, 0.5) is 5.82 Å². The van der Waals surface area contributed by atoms with Crippen molar-refractivity contribution in [2.75, 3.05) is 11.5 Å². The first kappa shape index (κ1) is 34.8. The summed E-state index contributed by atoms with van der Waals surface area (Å²) in [4.78, 5) is 13.5. The van der Waals surface area contributed by atoms with Crippen LogP contribution in [-0.4, -0.2) is 64.8 Å². The van der Waals surface area contributed by atoms with Gasteiger partial charge in [0.05, 0.1) is 29.2 Å². The molecule has 0 amide bonds. The highest BCUT2D eigenvalue weighted by Gasteiger charge is 2.54. The SMILES string of the molecule is Cc1ncn(-c2ccccc2)c1CSC[C@H]1O[C@@H](n2ccc3c(N)ncnc32)[C@H](O[Si](C)(C)C(C)(C)C)[C@@H]1O[Si](C)(C)C(C)(C)C. The van der Waals surface area contributed by atoms with Gasteiger partial charge in [0.15, 0.2) is 22.9 Å². The van der Waals surface area contributed by atoms with Crippen LogP contribution >= 0.6 is 11.8 Å². The van der Waals surface area contributed by atoms with Crippen molar-refractivity contribution in [2.45, 2.75) is 115 Å². The molecule has 3 aromatic heterocycles. The topological polar surface area (TPSA) is 102 Å². The summed E-state index contributed by atoms with van der Waals surface area (Å²) in [6.07, 6.45) is 4.21. The number of ether oxygens (including phenoxy) is 1. The van der Waals surface area contributed by atoms with Crippen LogP contribution in [0, 0.1) is 6.92 Å². The number of benzene rings is 1. The highest BCUT2D eigenvalue weighted by molar-refractivity contribution is 7.98. The van der Waals surface area contributed by atoms with Gasteiger partial charge in [-0.15, -0.1) is 0 Å². The van der Waals surface area contributed by atoms with E-state index in [9.17, 15) is 0 Å². The monoisotopic (exact) mass is 680 g/mol. The van der Waals surface area contributed by atoms with E-state index in [2.05, 4.69) is 123 Å². The van der Waals surface area contributed by atoms with Gasteiger partial charge in [0.2, 0.25) is 0 Å². The molecular weight excluding hydrogens is 629 g/mol. The summed E-state index contributed by atoms with van der Waals surface area (Å²) >= 11 is 1.85. The van der Waals surface area contributed by atoms with Gasteiger partial charge >= 0.3 is 0 Å². The smallest absolute Gasteiger partial charge is 0.192 e. The quantitative estimate of drug-likeness (QED) is 0.168. The lowest BCUT2D eigenvalue weighted by atomic mass is 10.1. The van der Waals surface area contributed by atoms with E-state index in [1.807, 2.05) is 36.4 Å². The van der Waals surface area contributed by atoms with Gasteiger partial charge in [0.25, 0.3) is 0 Å². The van der Waals surface area contributed by atoms with Crippen LogP contribution < -0.4 is 5.73 Å². The van der Waals surface area contributed by atoms with Crippen molar-refractivity contribution in [3.05, 3.63) is 66.6 Å². The molecule has 0 bridgehead atoms. The van der Waals surface area contributed by atoms with Gasteiger partial charge in [-0.3, -0.25) is 0 Å². The number of hydrogen-bond donors (Lipinski definition) is 1. The molecule has 9 nitrogen and oxygen atoms in total. The molecular formula is C34H52N6O3SSi2. The summed E-state index contributed by atoms with van der Waals surface area (Å²) < 4.78 is 26.0. The third kappa shape index (κ3) is 6.88. The van der Waals surface area contributed by atoms with Crippen LogP contribution in [0.2, 0.25) is 36.3 Å². The molecule has 4 atom stereocenters. The third-order valence-electron chi connectivity index (χ3n) is 10.2. The zero-order valence-electron chi connectivity index (χ0n) is 29.4. The number of anilines is 1. The van der Waals surface area contributed by atoms with E-state index < -0.39 is 22.9 Å². The van der Waals surface area contributed by atoms with Crippen LogP contribution in [0.15, 0.2) is 55.2 Å². The number of rotatable bonds is 10. The Balaban J connectivity index is 1.52. The fourth-order valence-electron chi connectivity index (χ4n) is 5.28. The summed E-state index contributed by atoms with van der Waals surface area (Å²) in [5, 5.41) is 0.831. The largest absolute Gasteiger partial charge is 0.408 e. The molecule has 4 heterocycles. The zero-order valence-corrected chi connectivity index (χ0v) is 32.2. The van der Waals surface area contributed by atoms with Crippen molar-refractivity contribution in [1.82, 2.24) is 24.1 Å². The highest BCUT2D eigenvalue weighted by Crippen LogP contribution is 2.47. The summed E-state index contributed by atoms with van der Waals surface area (Å²) in [5.74, 6) is 1.99. The Morgan fingerprint density at radius 2 is 1.52 bits per heavy atom. The molecule has 0 unspecified atom stereocenters. The summed E-state index contributed by atoms with van der Waals surface area (Å²) in [5.41, 5.74) is 10.3. The second-order valence-corrected chi connectivity index (χ2v) is 26.0. The van der Waals surface area contributed by atoms with Crippen LogP contribution in [0.25, 0.3) is 16.7 Å². The number of fused-ring (bicyclic) bond motifs is 1. The number of imidazole rings is 1. The lowest BCUT2D eigenvalue weighted by Gasteiger charge is -2.44. The Hall–Kier alpha value is -2.49. The molecule has 5 rings (SSSR count). The minimum absolute atomic E-state index is 0.00460. The van der Waals surface area contributed by atoms with E-state index in [0.717, 1.165) is 33.9 Å². The second kappa shape index (κ2) is 12.8. The van der Waals surface area contributed by atoms with E-state index in [4.69, 9.17) is 19.3 Å². The van der Waals surface area contributed by atoms with E-state index in [0.29, 0.717) is 5.82 Å². The minimum Gasteiger partial charge on any atom is -0.408 e. The number of nitrogens with two attached hydrogens (primary N) is 1. The Bertz CT molecular complexity index is 1640. The Morgan fingerprint density at radius 3 is 2.15 bits per heavy atom. The first-order valence-electron chi connectivity index (χ1n) is 16.2. The molecule has 0 aliphatic carbocycles. The predicted octanol–water partition coefficient (Wildman–Crippen LogP) is 8.12. The van der Waals surface area contributed by atoms with Gasteiger partial charge in [-0.1, -0.05) is 59.7 Å². The molecule has 4 aromatic rings. The first-order valence-corrected chi connectivity index (χ1v) is 23.1. The maximum Gasteiger partial charge on any atom is 0.192 e. The molecule has 0 saturated carbocycles. The number of hydrogen-bond acceptors (Lipinski definition) is 8. The van der Waals surface area contributed by atoms with Crippen LogP contribution in [0.1, 0.15) is 59.2 Å². The number of aryl methyl sites for hydroxylation is 1. The number of nitrogens with zero attached hydrogens (tertiary/aromatic N) is 5. The van der Waals surface area contributed by atoms with Gasteiger partial charge in [0, 0.05) is 23.4 Å². The van der Waals surface area contributed by atoms with Crippen molar-refractivity contribution >= 4 is 45.2 Å². The fraction of sp³-hybridized carbons (Fsp3) is 0.559. The Labute approximate surface area is 280 Å². The lowest BCUT2D eigenvalue weighted by Crippen LogP contribution is -2.53. The highest BCUT2D eigenvalue weighted by atomic mass is 32.2. The summed E-state index contributed by atoms with van der Waals surface area (Å²) in [7, 11) is -4.49.